The highest BCUT2D eigenvalue weighted by atomic mass is 32.2. The number of anilines is 2. The van der Waals surface area contributed by atoms with Crippen LogP contribution >= 0.6 is 0 Å². The first-order chi connectivity index (χ1) is 16.0. The molecule has 4 N–H and O–H groups in total. The van der Waals surface area contributed by atoms with Crippen LogP contribution in [0.15, 0.2) is 47.4 Å². The molecule has 2 aromatic rings. The van der Waals surface area contributed by atoms with Gasteiger partial charge in [0, 0.05) is 12.2 Å². The van der Waals surface area contributed by atoms with Crippen molar-refractivity contribution in [2.24, 2.45) is 0 Å². The van der Waals surface area contributed by atoms with Crippen molar-refractivity contribution in [1.29, 1.82) is 0 Å². The molecule has 1 heterocycles. The van der Waals surface area contributed by atoms with E-state index in [1.165, 1.54) is 12.1 Å². The summed E-state index contributed by atoms with van der Waals surface area (Å²) in [6.45, 7) is -0.800. The first-order valence-corrected chi connectivity index (χ1v) is 11.2. The summed E-state index contributed by atoms with van der Waals surface area (Å²) in [6.07, 6.45) is -6.85. The molecule has 0 bridgehead atoms. The second-order valence-electron chi connectivity index (χ2n) is 7.17. The van der Waals surface area contributed by atoms with Gasteiger partial charge in [-0.15, -0.1) is 0 Å². The maximum Gasteiger partial charge on any atom is 0.416 e. The molecule has 1 aliphatic heterocycles. The number of halogens is 3. The van der Waals surface area contributed by atoms with Crippen LogP contribution in [0.5, 0.6) is 5.75 Å². The van der Waals surface area contributed by atoms with E-state index in [-0.39, 0.29) is 30.3 Å². The molecular formula is C20H20F3N3O7S. The number of amides is 1. The van der Waals surface area contributed by atoms with Crippen LogP contribution in [0.2, 0.25) is 0 Å². The number of carbonyl (C=O) groups is 2. The third-order valence-electron chi connectivity index (χ3n) is 4.89. The summed E-state index contributed by atoms with van der Waals surface area (Å²) in [7, 11) is -4.61. The Hall–Kier alpha value is -3.36. The Morgan fingerprint density at radius 2 is 2.00 bits per heavy atom. The topological polar surface area (TPSA) is 145 Å². The van der Waals surface area contributed by atoms with Crippen LogP contribution in [0.1, 0.15) is 5.56 Å². The van der Waals surface area contributed by atoms with E-state index in [1.807, 2.05) is 0 Å². The number of aliphatic hydroxyl groups is 1. The summed E-state index contributed by atoms with van der Waals surface area (Å²) in [5, 5.41) is 22.7. The quantitative estimate of drug-likeness (QED) is 0.400. The smallest absolute Gasteiger partial charge is 0.416 e. The van der Waals surface area contributed by atoms with Crippen molar-refractivity contribution in [3.63, 3.8) is 0 Å². The van der Waals surface area contributed by atoms with Crippen molar-refractivity contribution in [3.8, 4) is 5.75 Å². The predicted octanol–water partition coefficient (Wildman–Crippen LogP) is 1.90. The lowest BCUT2D eigenvalue weighted by Gasteiger charge is -2.37. The number of nitrogens with one attached hydrogen (secondary N) is 2. The molecule has 0 aliphatic carbocycles. The average molecular weight is 503 g/mol. The van der Waals surface area contributed by atoms with Crippen LogP contribution < -0.4 is 19.7 Å². The summed E-state index contributed by atoms with van der Waals surface area (Å²) in [5.74, 6) is -0.0413. The summed E-state index contributed by atoms with van der Waals surface area (Å²) in [4.78, 5) is 21.9. The van der Waals surface area contributed by atoms with Gasteiger partial charge in [-0.3, -0.25) is 9.62 Å². The van der Waals surface area contributed by atoms with Crippen molar-refractivity contribution in [1.82, 2.24) is 5.32 Å². The molecule has 1 aliphatic rings. The second kappa shape index (κ2) is 9.87. The Bertz CT molecular complexity index is 1170. The van der Waals surface area contributed by atoms with Crippen LogP contribution in [-0.2, 0) is 21.0 Å². The molecule has 3 rings (SSSR count). The summed E-state index contributed by atoms with van der Waals surface area (Å²) >= 11 is 0. The molecule has 2 unspecified atom stereocenters. The minimum Gasteiger partial charge on any atom is -0.484 e. The Balaban J connectivity index is 2.10. The third-order valence-corrected chi connectivity index (χ3v) is 6.67. The van der Waals surface area contributed by atoms with E-state index in [1.54, 1.807) is 0 Å². The SMILES string of the molecule is O=CC(NCCO)C1CN(S(=O)(=O)c2cccc(C(F)(F)F)c2)c2cc(NC(=O)O)ccc2O1. The number of alkyl halides is 3. The molecule has 0 radical (unpaired) electrons. The molecule has 0 saturated carbocycles. The van der Waals surface area contributed by atoms with Crippen LogP contribution in [0, 0.1) is 0 Å². The molecule has 0 aromatic heterocycles. The molecule has 2 aromatic carbocycles. The van der Waals surface area contributed by atoms with Crippen LogP contribution in [0.4, 0.5) is 29.3 Å². The van der Waals surface area contributed by atoms with E-state index >= 15 is 0 Å². The van der Waals surface area contributed by atoms with Gasteiger partial charge in [0.2, 0.25) is 0 Å². The fraction of sp³-hybridized carbons (Fsp3) is 0.300. The first kappa shape index (κ1) is 25.3. The highest BCUT2D eigenvalue weighted by Gasteiger charge is 2.39. The fourth-order valence-electron chi connectivity index (χ4n) is 3.35. The van der Waals surface area contributed by atoms with E-state index in [0.717, 1.165) is 28.6 Å². The van der Waals surface area contributed by atoms with Gasteiger partial charge in [0.1, 0.15) is 24.2 Å². The van der Waals surface area contributed by atoms with Crippen molar-refractivity contribution >= 4 is 33.8 Å². The van der Waals surface area contributed by atoms with Gasteiger partial charge in [0.15, 0.2) is 0 Å². The second-order valence-corrected chi connectivity index (χ2v) is 9.03. The Kier molecular flexibility index (Phi) is 7.33. The Morgan fingerprint density at radius 3 is 2.62 bits per heavy atom. The van der Waals surface area contributed by atoms with Crippen molar-refractivity contribution < 1.29 is 46.1 Å². The van der Waals surface area contributed by atoms with E-state index in [4.69, 9.17) is 14.9 Å². The third kappa shape index (κ3) is 5.40. The number of carboxylic acid groups (broad SMARTS) is 1. The van der Waals surface area contributed by atoms with Gasteiger partial charge in [0.25, 0.3) is 10.0 Å². The number of hydrogen-bond acceptors (Lipinski definition) is 7. The van der Waals surface area contributed by atoms with Gasteiger partial charge < -0.3 is 25.1 Å². The van der Waals surface area contributed by atoms with Crippen molar-refractivity contribution in [2.45, 2.75) is 23.2 Å². The highest BCUT2D eigenvalue weighted by Crippen LogP contribution is 2.40. The van der Waals surface area contributed by atoms with E-state index < -0.39 is 51.4 Å². The number of ether oxygens (including phenoxy) is 1. The van der Waals surface area contributed by atoms with Crippen LogP contribution in [-0.4, -0.2) is 62.9 Å². The zero-order valence-electron chi connectivity index (χ0n) is 17.3. The summed E-state index contributed by atoms with van der Waals surface area (Å²) in [5.41, 5.74) is -1.31. The van der Waals surface area contributed by atoms with E-state index in [0.29, 0.717) is 12.4 Å². The lowest BCUT2D eigenvalue weighted by Crippen LogP contribution is -2.54. The predicted molar refractivity (Wildman–Crippen MR) is 113 cm³/mol. The molecule has 0 fully saturated rings. The van der Waals surface area contributed by atoms with Crippen LogP contribution in [0.3, 0.4) is 0 Å². The van der Waals surface area contributed by atoms with Crippen LogP contribution in [0.25, 0.3) is 0 Å². The molecule has 0 saturated heterocycles. The maximum atomic E-state index is 13.5. The Morgan fingerprint density at radius 1 is 1.26 bits per heavy atom. The first-order valence-electron chi connectivity index (χ1n) is 9.77. The maximum absolute atomic E-state index is 13.5. The van der Waals surface area contributed by atoms with E-state index in [9.17, 15) is 31.2 Å². The number of hydrogen-bond donors (Lipinski definition) is 4. The van der Waals surface area contributed by atoms with Gasteiger partial charge in [-0.1, -0.05) is 6.07 Å². The lowest BCUT2D eigenvalue weighted by molar-refractivity contribution is -0.137. The van der Waals surface area contributed by atoms with E-state index in [2.05, 4.69) is 10.6 Å². The van der Waals surface area contributed by atoms with Crippen molar-refractivity contribution in [3.05, 3.63) is 48.0 Å². The number of aliphatic hydroxyl groups excluding tert-OH is 1. The number of rotatable bonds is 8. The largest absolute Gasteiger partial charge is 0.484 e. The normalized spacial score (nSPS) is 16.8. The number of aldehydes is 1. The number of nitrogens with zero attached hydrogens (tertiary/aromatic N) is 1. The number of carbonyl (C=O) groups excluding carboxylic acids is 1. The lowest BCUT2D eigenvalue weighted by atomic mass is 10.1. The zero-order valence-corrected chi connectivity index (χ0v) is 18.1. The fourth-order valence-corrected chi connectivity index (χ4v) is 4.87. The monoisotopic (exact) mass is 503 g/mol. The van der Waals surface area contributed by atoms with Gasteiger partial charge in [0.05, 0.1) is 29.3 Å². The van der Waals surface area contributed by atoms with Gasteiger partial charge >= 0.3 is 12.3 Å². The molecule has 0 spiro atoms. The van der Waals surface area contributed by atoms with Crippen molar-refractivity contribution in [2.75, 3.05) is 29.3 Å². The molecule has 2 atom stereocenters. The average Bonchev–Trinajstić information content (AvgIpc) is 2.78. The number of benzene rings is 2. The molecule has 184 valence electrons. The number of sulfonamides is 1. The highest BCUT2D eigenvalue weighted by molar-refractivity contribution is 7.92. The van der Waals surface area contributed by atoms with Gasteiger partial charge in [-0.25, -0.2) is 13.2 Å². The molecular weight excluding hydrogens is 483 g/mol. The Labute approximate surface area is 192 Å². The minimum atomic E-state index is -4.79. The standard InChI is InChI=1S/C20H20F3N3O7S/c21-20(22,23)12-2-1-3-14(8-12)34(31,32)26-10-18(15(11-28)24-6-7-27)33-17-5-4-13(9-16(17)26)25-19(29)30/h1-5,8-9,11,15,18,24-25,27H,6-7,10H2,(H,29,30). The molecule has 14 heteroatoms. The van der Waals surface area contributed by atoms with Gasteiger partial charge in [-0.05, 0) is 36.4 Å². The molecule has 34 heavy (non-hydrogen) atoms. The number of fused-ring (bicyclic) bond motifs is 1. The summed E-state index contributed by atoms with van der Waals surface area (Å²) < 4.78 is 73.0. The zero-order chi connectivity index (χ0) is 25.1. The minimum absolute atomic E-state index is 0.00201. The molecule has 10 nitrogen and oxygen atoms in total. The van der Waals surface area contributed by atoms with Gasteiger partial charge in [-0.2, -0.15) is 13.2 Å². The summed E-state index contributed by atoms with van der Waals surface area (Å²) in [6, 6.07) is 5.82. The molecule has 1 amide bonds.